The normalized spacial score (nSPS) is 13.5. The number of fused-ring (bicyclic) bond motifs is 1. The Morgan fingerprint density at radius 2 is 1.86 bits per heavy atom. The molecule has 2 aromatic carbocycles. The average Bonchev–Trinajstić information content (AvgIpc) is 3.53. The fraction of sp³-hybridized carbons (Fsp3) is 0.304. The predicted octanol–water partition coefficient (Wildman–Crippen LogP) is 3.78. The number of carbonyl (C=O) groups excluding carboxylic acids is 1. The van der Waals surface area contributed by atoms with E-state index in [0.29, 0.717) is 12.1 Å². The van der Waals surface area contributed by atoms with Crippen molar-refractivity contribution < 1.29 is 9.53 Å². The molecule has 1 aliphatic carbocycles. The van der Waals surface area contributed by atoms with E-state index in [0.717, 1.165) is 40.6 Å². The number of amides is 1. The van der Waals surface area contributed by atoms with Crippen molar-refractivity contribution >= 4 is 16.8 Å². The predicted molar refractivity (Wildman–Crippen MR) is 109 cm³/mol. The highest BCUT2D eigenvalue weighted by Gasteiger charge is 2.34. The minimum absolute atomic E-state index is 0.0805. The Bertz CT molecular complexity index is 1080. The molecule has 28 heavy (non-hydrogen) atoms. The molecule has 0 atom stereocenters. The molecule has 0 unspecified atom stereocenters. The monoisotopic (exact) mass is 376 g/mol. The third-order valence-corrected chi connectivity index (χ3v) is 5.23. The highest BCUT2D eigenvalue weighted by molar-refractivity contribution is 5.82. The molecule has 5 nitrogen and oxygen atoms in total. The molecule has 0 aliphatic heterocycles. The topological polar surface area (TPSA) is 62.4 Å². The van der Waals surface area contributed by atoms with Crippen molar-refractivity contribution in [2.45, 2.75) is 32.9 Å². The first-order valence-electron chi connectivity index (χ1n) is 9.58. The van der Waals surface area contributed by atoms with Gasteiger partial charge in [0.15, 0.2) is 0 Å². The van der Waals surface area contributed by atoms with Crippen molar-refractivity contribution in [1.29, 1.82) is 0 Å². The van der Waals surface area contributed by atoms with Crippen LogP contribution in [0.4, 0.5) is 0 Å². The van der Waals surface area contributed by atoms with Crippen molar-refractivity contribution in [3.8, 4) is 5.75 Å². The van der Waals surface area contributed by atoms with Crippen LogP contribution in [0.15, 0.2) is 53.3 Å². The van der Waals surface area contributed by atoms with Gasteiger partial charge in [0.1, 0.15) is 5.75 Å². The number of hydrogen-bond acceptors (Lipinski definition) is 3. The standard InChI is InChI=1S/C23H24N2O3/c1-15-7-8-17-12-19(22(26)24-20(17)11-15)14-25(23(27)16-9-10-16)13-18-5-3-4-6-21(18)28-2/h3-8,11-12,16H,9-10,13-14H2,1-2H3,(H,24,26). The summed E-state index contributed by atoms with van der Waals surface area (Å²) in [6.07, 6.45) is 1.85. The maximum atomic E-state index is 12.9. The highest BCUT2D eigenvalue weighted by Crippen LogP contribution is 2.32. The van der Waals surface area contributed by atoms with Gasteiger partial charge >= 0.3 is 0 Å². The summed E-state index contributed by atoms with van der Waals surface area (Å²) in [5.74, 6) is 0.935. The lowest BCUT2D eigenvalue weighted by atomic mass is 10.1. The van der Waals surface area contributed by atoms with Gasteiger partial charge < -0.3 is 14.6 Å². The summed E-state index contributed by atoms with van der Waals surface area (Å²) < 4.78 is 5.44. The van der Waals surface area contributed by atoms with Gasteiger partial charge in [-0.25, -0.2) is 0 Å². The van der Waals surface area contributed by atoms with E-state index < -0.39 is 0 Å². The van der Waals surface area contributed by atoms with Crippen LogP contribution in [0.1, 0.15) is 29.5 Å². The molecule has 1 aliphatic rings. The summed E-state index contributed by atoms with van der Waals surface area (Å²) in [7, 11) is 1.63. The summed E-state index contributed by atoms with van der Waals surface area (Å²) in [4.78, 5) is 30.3. The van der Waals surface area contributed by atoms with Gasteiger partial charge in [0.05, 0.1) is 13.7 Å². The van der Waals surface area contributed by atoms with Gasteiger partial charge in [-0.15, -0.1) is 0 Å². The van der Waals surface area contributed by atoms with Gasteiger partial charge in [-0.2, -0.15) is 0 Å². The summed E-state index contributed by atoms with van der Waals surface area (Å²) in [5.41, 5.74) is 3.30. The zero-order valence-corrected chi connectivity index (χ0v) is 16.2. The molecule has 144 valence electrons. The van der Waals surface area contributed by atoms with E-state index in [9.17, 15) is 9.59 Å². The lowest BCUT2D eigenvalue weighted by molar-refractivity contribution is -0.133. The average molecular weight is 376 g/mol. The molecular weight excluding hydrogens is 352 g/mol. The molecule has 0 saturated heterocycles. The van der Waals surface area contributed by atoms with Crippen LogP contribution in [0.3, 0.4) is 0 Å². The second-order valence-corrected chi connectivity index (χ2v) is 7.49. The van der Waals surface area contributed by atoms with Crippen molar-refractivity contribution in [2.24, 2.45) is 5.92 Å². The van der Waals surface area contributed by atoms with E-state index >= 15 is 0 Å². The summed E-state index contributed by atoms with van der Waals surface area (Å²) >= 11 is 0. The second-order valence-electron chi connectivity index (χ2n) is 7.49. The molecule has 0 spiro atoms. The first-order valence-corrected chi connectivity index (χ1v) is 9.58. The molecule has 4 rings (SSSR count). The third-order valence-electron chi connectivity index (χ3n) is 5.23. The van der Waals surface area contributed by atoms with Gasteiger partial charge in [-0.1, -0.05) is 30.3 Å². The summed E-state index contributed by atoms with van der Waals surface area (Å²) in [6, 6.07) is 15.6. The third kappa shape index (κ3) is 3.79. The summed E-state index contributed by atoms with van der Waals surface area (Å²) in [6.45, 7) is 2.70. The highest BCUT2D eigenvalue weighted by atomic mass is 16.5. The van der Waals surface area contributed by atoms with Crippen LogP contribution in [0, 0.1) is 12.8 Å². The molecular formula is C23H24N2O3. The lowest BCUT2D eigenvalue weighted by Crippen LogP contribution is -2.33. The van der Waals surface area contributed by atoms with Crippen LogP contribution in [-0.2, 0) is 17.9 Å². The van der Waals surface area contributed by atoms with Crippen molar-refractivity contribution in [3.05, 3.63) is 75.6 Å². The number of nitrogens with zero attached hydrogens (tertiary/aromatic N) is 1. The lowest BCUT2D eigenvalue weighted by Gasteiger charge is -2.24. The number of aromatic nitrogens is 1. The number of pyridine rings is 1. The molecule has 0 bridgehead atoms. The molecule has 3 aromatic rings. The van der Waals surface area contributed by atoms with Gasteiger partial charge in [-0.3, -0.25) is 9.59 Å². The fourth-order valence-corrected chi connectivity index (χ4v) is 3.52. The quantitative estimate of drug-likeness (QED) is 0.712. The van der Waals surface area contributed by atoms with E-state index in [-0.39, 0.29) is 23.9 Å². The number of hydrogen-bond donors (Lipinski definition) is 1. The van der Waals surface area contributed by atoms with Crippen molar-refractivity contribution in [3.63, 3.8) is 0 Å². The van der Waals surface area contributed by atoms with Crippen LogP contribution < -0.4 is 10.3 Å². The van der Waals surface area contributed by atoms with Crippen LogP contribution >= 0.6 is 0 Å². The molecule has 5 heteroatoms. The molecule has 1 fully saturated rings. The number of aryl methyl sites for hydroxylation is 1. The Labute approximate surface area is 163 Å². The van der Waals surface area contributed by atoms with Crippen molar-refractivity contribution in [2.75, 3.05) is 7.11 Å². The smallest absolute Gasteiger partial charge is 0.253 e. The first-order chi connectivity index (χ1) is 13.5. The van der Waals surface area contributed by atoms with Crippen LogP contribution in [0.25, 0.3) is 10.9 Å². The second kappa shape index (κ2) is 7.50. The number of ether oxygens (including phenoxy) is 1. The number of H-pyrrole nitrogens is 1. The van der Waals surface area contributed by atoms with Gasteiger partial charge in [0, 0.05) is 29.1 Å². The fourth-order valence-electron chi connectivity index (χ4n) is 3.52. The van der Waals surface area contributed by atoms with Crippen LogP contribution in [0.5, 0.6) is 5.75 Å². The zero-order chi connectivity index (χ0) is 19.7. The van der Waals surface area contributed by atoms with E-state index in [1.165, 1.54) is 0 Å². The number of nitrogens with one attached hydrogen (secondary N) is 1. The van der Waals surface area contributed by atoms with E-state index in [1.807, 2.05) is 55.5 Å². The van der Waals surface area contributed by atoms with E-state index in [2.05, 4.69) is 4.98 Å². The van der Waals surface area contributed by atoms with Gasteiger partial charge in [0.25, 0.3) is 5.56 Å². The van der Waals surface area contributed by atoms with Crippen LogP contribution in [-0.4, -0.2) is 22.9 Å². The maximum absolute atomic E-state index is 12.9. The van der Waals surface area contributed by atoms with E-state index in [1.54, 1.807) is 12.0 Å². The van der Waals surface area contributed by atoms with E-state index in [4.69, 9.17) is 4.74 Å². The Balaban J connectivity index is 1.67. The number of para-hydroxylation sites is 1. The maximum Gasteiger partial charge on any atom is 0.253 e. The van der Waals surface area contributed by atoms with Gasteiger partial charge in [0.2, 0.25) is 5.91 Å². The number of aromatic amines is 1. The number of carbonyl (C=O) groups is 1. The minimum atomic E-state index is -0.147. The zero-order valence-electron chi connectivity index (χ0n) is 16.2. The Morgan fingerprint density at radius 3 is 2.61 bits per heavy atom. The molecule has 1 N–H and O–H groups in total. The van der Waals surface area contributed by atoms with Crippen molar-refractivity contribution in [1.82, 2.24) is 9.88 Å². The molecule has 1 aromatic heterocycles. The molecule has 1 heterocycles. The summed E-state index contributed by atoms with van der Waals surface area (Å²) in [5, 5.41) is 0.969. The number of rotatable bonds is 6. The number of methoxy groups -OCH3 is 1. The molecule has 0 radical (unpaired) electrons. The minimum Gasteiger partial charge on any atom is -0.496 e. The molecule has 1 amide bonds. The van der Waals surface area contributed by atoms with Crippen LogP contribution in [0.2, 0.25) is 0 Å². The largest absolute Gasteiger partial charge is 0.496 e. The first kappa shape index (κ1) is 18.3. The number of benzene rings is 2. The Hall–Kier alpha value is -3.08. The SMILES string of the molecule is COc1ccccc1CN(Cc1cc2ccc(C)cc2[nH]c1=O)C(=O)C1CC1. The Kier molecular flexibility index (Phi) is 4.90. The van der Waals surface area contributed by atoms with Gasteiger partial charge in [-0.05, 0) is 48.9 Å². The Morgan fingerprint density at radius 1 is 1.11 bits per heavy atom. The molecule has 1 saturated carbocycles.